The fraction of sp³-hybridized carbons (Fsp3) is 0.409. The van der Waals surface area contributed by atoms with E-state index in [1.165, 1.54) is 12.0 Å². The van der Waals surface area contributed by atoms with E-state index in [1.54, 1.807) is 0 Å². The van der Waals surface area contributed by atoms with Crippen molar-refractivity contribution in [2.24, 2.45) is 10.9 Å². The van der Waals surface area contributed by atoms with E-state index in [1.807, 2.05) is 51.3 Å². The van der Waals surface area contributed by atoms with Crippen molar-refractivity contribution in [1.82, 2.24) is 0 Å². The molecule has 0 spiro atoms. The summed E-state index contributed by atoms with van der Waals surface area (Å²) in [5.41, 5.74) is 3.26. The Hall–Kier alpha value is -2.09. The first-order chi connectivity index (χ1) is 11.3. The Kier molecular flexibility index (Phi) is 6.19. The van der Waals surface area contributed by atoms with E-state index >= 15 is 0 Å². The summed E-state index contributed by atoms with van der Waals surface area (Å²) in [6.07, 6.45) is 4.26. The standard InChI is InChI=1S/C22H29NO/c1-17(2)6-7-18-8-12-20(13-9-18)23-16-19-10-14-21(15-11-19)24-22(3,4)5/h8-17H,6-7H2,1-5H3. The molecule has 0 radical (unpaired) electrons. The Bertz CT molecular complexity index is 646. The van der Waals surface area contributed by atoms with E-state index in [0.29, 0.717) is 0 Å². The van der Waals surface area contributed by atoms with E-state index in [9.17, 15) is 0 Å². The van der Waals surface area contributed by atoms with Crippen molar-refractivity contribution in [1.29, 1.82) is 0 Å². The lowest BCUT2D eigenvalue weighted by molar-refractivity contribution is 0.131. The van der Waals surface area contributed by atoms with Gasteiger partial charge in [0.1, 0.15) is 11.4 Å². The third-order valence-electron chi connectivity index (χ3n) is 3.61. The van der Waals surface area contributed by atoms with Crippen LogP contribution in [0.1, 0.15) is 52.2 Å². The van der Waals surface area contributed by atoms with Crippen molar-refractivity contribution in [3.8, 4) is 5.75 Å². The van der Waals surface area contributed by atoms with Gasteiger partial charge in [-0.15, -0.1) is 0 Å². The summed E-state index contributed by atoms with van der Waals surface area (Å²) in [5.74, 6) is 1.63. The molecule has 24 heavy (non-hydrogen) atoms. The maximum atomic E-state index is 5.83. The van der Waals surface area contributed by atoms with Crippen LogP contribution in [0.5, 0.6) is 5.75 Å². The first-order valence-electron chi connectivity index (χ1n) is 8.74. The quantitative estimate of drug-likeness (QED) is 0.580. The van der Waals surface area contributed by atoms with Gasteiger partial charge in [-0.05, 0) is 87.1 Å². The number of aliphatic imine (C=N–C) groups is 1. The zero-order valence-corrected chi connectivity index (χ0v) is 15.5. The van der Waals surface area contributed by atoms with Crippen LogP contribution in [-0.2, 0) is 6.42 Å². The van der Waals surface area contributed by atoms with Crippen molar-refractivity contribution in [2.45, 2.75) is 53.1 Å². The number of hydrogen-bond acceptors (Lipinski definition) is 2. The molecule has 2 rings (SSSR count). The summed E-state index contributed by atoms with van der Waals surface area (Å²) >= 11 is 0. The predicted molar refractivity (Wildman–Crippen MR) is 104 cm³/mol. The SMILES string of the molecule is CC(C)CCc1ccc(N=Cc2ccc(OC(C)(C)C)cc2)cc1. The molecular weight excluding hydrogens is 294 g/mol. The van der Waals surface area contributed by atoms with Gasteiger partial charge in [-0.3, -0.25) is 4.99 Å². The highest BCUT2D eigenvalue weighted by molar-refractivity contribution is 5.82. The summed E-state index contributed by atoms with van der Waals surface area (Å²) < 4.78 is 5.83. The van der Waals surface area contributed by atoms with Gasteiger partial charge in [0, 0.05) is 6.21 Å². The summed E-state index contributed by atoms with van der Waals surface area (Å²) in [6, 6.07) is 16.6. The van der Waals surface area contributed by atoms with Gasteiger partial charge in [0.15, 0.2) is 0 Å². The van der Waals surface area contributed by atoms with Gasteiger partial charge in [-0.1, -0.05) is 26.0 Å². The van der Waals surface area contributed by atoms with E-state index in [4.69, 9.17) is 4.74 Å². The van der Waals surface area contributed by atoms with Gasteiger partial charge in [0.25, 0.3) is 0 Å². The number of benzene rings is 2. The second kappa shape index (κ2) is 8.14. The predicted octanol–water partition coefficient (Wildman–Crippen LogP) is 6.20. The van der Waals surface area contributed by atoms with Crippen LogP contribution in [-0.4, -0.2) is 11.8 Å². The van der Waals surface area contributed by atoms with Gasteiger partial charge in [-0.25, -0.2) is 0 Å². The average molecular weight is 323 g/mol. The Morgan fingerprint density at radius 3 is 2.12 bits per heavy atom. The highest BCUT2D eigenvalue weighted by Gasteiger charge is 2.11. The Morgan fingerprint density at radius 1 is 0.958 bits per heavy atom. The Labute approximate surface area is 146 Å². The Morgan fingerprint density at radius 2 is 1.58 bits per heavy atom. The van der Waals surface area contributed by atoms with Gasteiger partial charge < -0.3 is 4.74 Å². The molecule has 0 unspecified atom stereocenters. The number of nitrogens with zero attached hydrogens (tertiary/aromatic N) is 1. The molecule has 0 aliphatic heterocycles. The minimum atomic E-state index is -0.174. The molecule has 0 fully saturated rings. The highest BCUT2D eigenvalue weighted by Crippen LogP contribution is 2.19. The van der Waals surface area contributed by atoms with Crippen LogP contribution in [0, 0.1) is 5.92 Å². The third-order valence-corrected chi connectivity index (χ3v) is 3.61. The number of rotatable bonds is 6. The monoisotopic (exact) mass is 323 g/mol. The molecule has 0 amide bonds. The molecule has 0 saturated carbocycles. The molecule has 2 aromatic carbocycles. The van der Waals surface area contributed by atoms with Crippen LogP contribution in [0.3, 0.4) is 0 Å². The number of hydrogen-bond donors (Lipinski definition) is 0. The van der Waals surface area contributed by atoms with Gasteiger partial charge in [-0.2, -0.15) is 0 Å². The topological polar surface area (TPSA) is 21.6 Å². The first-order valence-corrected chi connectivity index (χ1v) is 8.74. The minimum Gasteiger partial charge on any atom is -0.488 e. The smallest absolute Gasteiger partial charge is 0.120 e. The van der Waals surface area contributed by atoms with Gasteiger partial charge >= 0.3 is 0 Å². The molecule has 128 valence electrons. The van der Waals surface area contributed by atoms with Crippen LogP contribution in [0.2, 0.25) is 0 Å². The molecule has 2 heteroatoms. The Balaban J connectivity index is 1.95. The molecule has 0 aliphatic carbocycles. The van der Waals surface area contributed by atoms with Gasteiger partial charge in [0.05, 0.1) is 5.69 Å². The normalized spacial score (nSPS) is 12.1. The molecule has 0 bridgehead atoms. The molecule has 0 saturated heterocycles. The number of aryl methyl sites for hydroxylation is 1. The first kappa shape index (κ1) is 18.3. The summed E-state index contributed by atoms with van der Waals surface area (Å²) in [6.45, 7) is 10.7. The van der Waals surface area contributed by atoms with Crippen molar-refractivity contribution < 1.29 is 4.74 Å². The van der Waals surface area contributed by atoms with Crippen LogP contribution in [0.15, 0.2) is 53.5 Å². The molecule has 0 aromatic heterocycles. The number of ether oxygens (including phenoxy) is 1. The van der Waals surface area contributed by atoms with Crippen LogP contribution in [0.4, 0.5) is 5.69 Å². The molecular formula is C22H29NO. The van der Waals surface area contributed by atoms with Gasteiger partial charge in [0.2, 0.25) is 0 Å². The third kappa shape index (κ3) is 6.57. The average Bonchev–Trinajstić information content (AvgIpc) is 2.52. The summed E-state index contributed by atoms with van der Waals surface area (Å²) in [4.78, 5) is 4.55. The zero-order valence-electron chi connectivity index (χ0n) is 15.5. The van der Waals surface area contributed by atoms with Crippen LogP contribution < -0.4 is 4.74 Å². The lowest BCUT2D eigenvalue weighted by Crippen LogP contribution is -2.22. The highest BCUT2D eigenvalue weighted by atomic mass is 16.5. The lowest BCUT2D eigenvalue weighted by Gasteiger charge is -2.21. The van der Waals surface area contributed by atoms with E-state index in [0.717, 1.165) is 29.3 Å². The molecule has 0 atom stereocenters. The second-order valence-corrected chi connectivity index (χ2v) is 7.64. The van der Waals surface area contributed by atoms with Crippen molar-refractivity contribution in [2.75, 3.05) is 0 Å². The molecule has 2 aromatic rings. The maximum absolute atomic E-state index is 5.83. The van der Waals surface area contributed by atoms with Crippen LogP contribution >= 0.6 is 0 Å². The second-order valence-electron chi connectivity index (χ2n) is 7.64. The molecule has 0 heterocycles. The molecule has 0 aliphatic rings. The fourth-order valence-corrected chi connectivity index (χ4v) is 2.33. The lowest BCUT2D eigenvalue weighted by atomic mass is 10.0. The van der Waals surface area contributed by atoms with Crippen LogP contribution in [0.25, 0.3) is 0 Å². The zero-order chi connectivity index (χ0) is 17.6. The maximum Gasteiger partial charge on any atom is 0.120 e. The van der Waals surface area contributed by atoms with E-state index < -0.39 is 0 Å². The minimum absolute atomic E-state index is 0.174. The van der Waals surface area contributed by atoms with E-state index in [2.05, 4.69) is 43.1 Å². The summed E-state index contributed by atoms with van der Waals surface area (Å²) in [5, 5.41) is 0. The fourth-order valence-electron chi connectivity index (χ4n) is 2.33. The largest absolute Gasteiger partial charge is 0.488 e. The van der Waals surface area contributed by atoms with Crippen molar-refractivity contribution in [3.05, 3.63) is 59.7 Å². The molecule has 2 nitrogen and oxygen atoms in total. The molecule has 0 N–H and O–H groups in total. The van der Waals surface area contributed by atoms with Crippen molar-refractivity contribution >= 4 is 11.9 Å². The van der Waals surface area contributed by atoms with Crippen molar-refractivity contribution in [3.63, 3.8) is 0 Å². The van der Waals surface area contributed by atoms with E-state index in [-0.39, 0.29) is 5.60 Å². The summed E-state index contributed by atoms with van der Waals surface area (Å²) in [7, 11) is 0.